The van der Waals surface area contributed by atoms with Crippen LogP contribution in [-0.4, -0.2) is 48.9 Å². The summed E-state index contributed by atoms with van der Waals surface area (Å²) in [5.74, 6) is 0.0909. The highest BCUT2D eigenvalue weighted by Gasteiger charge is 2.20. The summed E-state index contributed by atoms with van der Waals surface area (Å²) in [5, 5.41) is 2.76. The number of aryl methyl sites for hydroxylation is 1. The molecule has 0 saturated carbocycles. The molecule has 1 N–H and O–H groups in total. The largest absolute Gasteiger partial charge is 0.483 e. The van der Waals surface area contributed by atoms with Gasteiger partial charge < -0.3 is 14.6 Å². The molecule has 0 fully saturated rings. The fraction of sp³-hybridized carbons (Fsp3) is 0.217. The van der Waals surface area contributed by atoms with Crippen molar-refractivity contribution in [3.05, 3.63) is 78.4 Å². The lowest BCUT2D eigenvalue weighted by Crippen LogP contribution is -2.24. The number of sulfonamides is 1. The predicted molar refractivity (Wildman–Crippen MR) is 124 cm³/mol. The number of carbonyl (C=O) groups is 1. The van der Waals surface area contributed by atoms with E-state index in [1.54, 1.807) is 48.4 Å². The molecule has 3 rings (SSSR count). The van der Waals surface area contributed by atoms with Crippen LogP contribution >= 0.6 is 0 Å². The van der Waals surface area contributed by atoms with E-state index in [9.17, 15) is 13.2 Å². The van der Waals surface area contributed by atoms with Gasteiger partial charge in [0.15, 0.2) is 6.61 Å². The van der Waals surface area contributed by atoms with E-state index >= 15 is 0 Å². The number of benzene rings is 2. The Morgan fingerprint density at radius 1 is 1.22 bits per heavy atom. The molecule has 168 valence electrons. The van der Waals surface area contributed by atoms with Crippen LogP contribution in [0.3, 0.4) is 0 Å². The van der Waals surface area contributed by atoms with E-state index in [4.69, 9.17) is 4.74 Å². The summed E-state index contributed by atoms with van der Waals surface area (Å²) in [7, 11) is -0.705. The Kier molecular flexibility index (Phi) is 6.81. The maximum atomic E-state index is 12.6. The highest BCUT2D eigenvalue weighted by atomic mass is 32.2. The van der Waals surface area contributed by atoms with E-state index in [1.807, 2.05) is 19.1 Å². The van der Waals surface area contributed by atoms with Crippen molar-refractivity contribution >= 4 is 27.3 Å². The minimum Gasteiger partial charge on any atom is -0.483 e. The Labute approximate surface area is 188 Å². The van der Waals surface area contributed by atoms with E-state index < -0.39 is 15.9 Å². The van der Waals surface area contributed by atoms with Crippen LogP contribution < -0.4 is 10.1 Å². The zero-order chi connectivity index (χ0) is 23.5. The second-order valence-electron chi connectivity index (χ2n) is 7.45. The molecule has 1 heterocycles. The molecule has 0 aliphatic rings. The fourth-order valence-electron chi connectivity index (χ4n) is 3.03. The quantitative estimate of drug-likeness (QED) is 0.564. The average molecular weight is 455 g/mol. The van der Waals surface area contributed by atoms with Gasteiger partial charge in [-0.1, -0.05) is 18.7 Å². The summed E-state index contributed by atoms with van der Waals surface area (Å²) >= 11 is 0. The number of para-hydroxylation sites is 1. The number of ether oxygens (including phenoxy) is 1. The molecule has 3 aromatic rings. The van der Waals surface area contributed by atoms with Crippen LogP contribution in [0, 0.1) is 13.8 Å². The SMILES string of the molecule is C=C(c1ccccc1OCC(=O)Nc1cc(S(=O)(=O)N(C)C)cc(C)c1C)n1ccnc1. The third-order valence-corrected chi connectivity index (χ3v) is 6.86. The summed E-state index contributed by atoms with van der Waals surface area (Å²) < 4.78 is 33.7. The number of hydrogen-bond acceptors (Lipinski definition) is 5. The van der Waals surface area contributed by atoms with Gasteiger partial charge in [-0.25, -0.2) is 17.7 Å². The molecule has 0 atom stereocenters. The fourth-order valence-corrected chi connectivity index (χ4v) is 4.05. The molecule has 0 unspecified atom stereocenters. The number of rotatable bonds is 8. The lowest BCUT2D eigenvalue weighted by molar-refractivity contribution is -0.118. The summed E-state index contributed by atoms with van der Waals surface area (Å²) in [4.78, 5) is 16.8. The minimum absolute atomic E-state index is 0.115. The normalized spacial score (nSPS) is 11.4. The van der Waals surface area contributed by atoms with E-state index in [1.165, 1.54) is 20.2 Å². The first-order valence-corrected chi connectivity index (χ1v) is 11.3. The van der Waals surface area contributed by atoms with Gasteiger partial charge >= 0.3 is 0 Å². The average Bonchev–Trinajstić information content (AvgIpc) is 3.29. The summed E-state index contributed by atoms with van der Waals surface area (Å²) in [6.45, 7) is 7.44. The lowest BCUT2D eigenvalue weighted by Gasteiger charge is -2.17. The van der Waals surface area contributed by atoms with Gasteiger partial charge in [0, 0.05) is 37.7 Å². The topological polar surface area (TPSA) is 93.5 Å². The van der Waals surface area contributed by atoms with Gasteiger partial charge in [-0.2, -0.15) is 0 Å². The second kappa shape index (κ2) is 9.37. The van der Waals surface area contributed by atoms with Crippen LogP contribution in [0.15, 0.2) is 66.6 Å². The van der Waals surface area contributed by atoms with Gasteiger partial charge in [-0.3, -0.25) is 4.79 Å². The molecule has 9 heteroatoms. The van der Waals surface area contributed by atoms with Crippen LogP contribution in [0.25, 0.3) is 5.70 Å². The van der Waals surface area contributed by atoms with E-state index in [0.29, 0.717) is 17.1 Å². The first-order chi connectivity index (χ1) is 15.1. The van der Waals surface area contributed by atoms with Crippen molar-refractivity contribution in [2.24, 2.45) is 0 Å². The van der Waals surface area contributed by atoms with Crippen molar-refractivity contribution in [3.63, 3.8) is 0 Å². The van der Waals surface area contributed by atoms with Crippen LogP contribution in [-0.2, 0) is 14.8 Å². The van der Waals surface area contributed by atoms with Crippen LogP contribution in [0.4, 0.5) is 5.69 Å². The highest BCUT2D eigenvalue weighted by Crippen LogP contribution is 2.27. The maximum absolute atomic E-state index is 12.6. The zero-order valence-corrected chi connectivity index (χ0v) is 19.3. The Balaban J connectivity index is 1.77. The lowest BCUT2D eigenvalue weighted by atomic mass is 10.1. The third kappa shape index (κ3) is 4.90. The molecule has 32 heavy (non-hydrogen) atoms. The summed E-state index contributed by atoms with van der Waals surface area (Å²) in [6.07, 6.45) is 5.05. The van der Waals surface area contributed by atoms with Crippen LogP contribution in [0.5, 0.6) is 5.75 Å². The van der Waals surface area contributed by atoms with E-state index in [2.05, 4.69) is 16.9 Å². The van der Waals surface area contributed by atoms with Crippen molar-refractivity contribution in [1.82, 2.24) is 13.9 Å². The van der Waals surface area contributed by atoms with Gasteiger partial charge in [0.05, 0.1) is 16.9 Å². The number of amides is 1. The van der Waals surface area contributed by atoms with Gasteiger partial charge in [0.25, 0.3) is 5.91 Å². The highest BCUT2D eigenvalue weighted by molar-refractivity contribution is 7.89. The van der Waals surface area contributed by atoms with Crippen molar-refractivity contribution in [1.29, 1.82) is 0 Å². The molecule has 2 aromatic carbocycles. The molecule has 0 spiro atoms. The summed E-state index contributed by atoms with van der Waals surface area (Å²) in [6, 6.07) is 10.3. The smallest absolute Gasteiger partial charge is 0.262 e. The Morgan fingerprint density at radius 3 is 2.59 bits per heavy atom. The second-order valence-corrected chi connectivity index (χ2v) is 9.60. The summed E-state index contributed by atoms with van der Waals surface area (Å²) in [5.41, 5.74) is 3.35. The van der Waals surface area contributed by atoms with Crippen molar-refractivity contribution in [2.75, 3.05) is 26.0 Å². The van der Waals surface area contributed by atoms with Crippen molar-refractivity contribution in [2.45, 2.75) is 18.7 Å². The minimum atomic E-state index is -3.63. The van der Waals surface area contributed by atoms with Gasteiger partial charge in [0.1, 0.15) is 5.75 Å². The number of imidazole rings is 1. The number of anilines is 1. The molecular formula is C23H26N4O4S. The molecule has 1 amide bonds. The monoisotopic (exact) mass is 454 g/mol. The maximum Gasteiger partial charge on any atom is 0.262 e. The van der Waals surface area contributed by atoms with Crippen LogP contribution in [0.2, 0.25) is 0 Å². The first kappa shape index (κ1) is 23.2. The standard InChI is InChI=1S/C23H26N4O4S/c1-16-12-19(32(29,30)26(4)5)13-21(17(16)2)25-23(28)14-31-22-9-7-6-8-20(22)18(3)27-11-10-24-15-27/h6-13,15H,3,14H2,1-2,4-5H3,(H,25,28). The van der Waals surface area contributed by atoms with E-state index in [-0.39, 0.29) is 11.5 Å². The molecule has 0 radical (unpaired) electrons. The third-order valence-electron chi connectivity index (χ3n) is 5.07. The Morgan fingerprint density at radius 2 is 1.94 bits per heavy atom. The molecule has 0 aliphatic carbocycles. The van der Waals surface area contributed by atoms with Gasteiger partial charge in [-0.15, -0.1) is 0 Å². The molecule has 1 aromatic heterocycles. The predicted octanol–water partition coefficient (Wildman–Crippen LogP) is 3.29. The van der Waals surface area contributed by atoms with Crippen LogP contribution in [0.1, 0.15) is 16.7 Å². The molecule has 0 bridgehead atoms. The first-order valence-electron chi connectivity index (χ1n) is 9.84. The number of aromatic nitrogens is 2. The number of nitrogens with one attached hydrogen (secondary N) is 1. The van der Waals surface area contributed by atoms with Crippen molar-refractivity contribution in [3.8, 4) is 5.75 Å². The molecule has 0 aliphatic heterocycles. The van der Waals surface area contributed by atoms with Gasteiger partial charge in [-0.05, 0) is 49.2 Å². The Hall–Kier alpha value is -3.43. The van der Waals surface area contributed by atoms with Gasteiger partial charge in [0.2, 0.25) is 10.0 Å². The number of carbonyl (C=O) groups excluding carboxylic acids is 1. The molecule has 0 saturated heterocycles. The number of hydrogen-bond donors (Lipinski definition) is 1. The van der Waals surface area contributed by atoms with E-state index in [0.717, 1.165) is 21.0 Å². The zero-order valence-electron chi connectivity index (χ0n) is 18.5. The van der Waals surface area contributed by atoms with Crippen molar-refractivity contribution < 1.29 is 17.9 Å². The molecule has 8 nitrogen and oxygen atoms in total. The molecular weight excluding hydrogens is 428 g/mol. The Bertz CT molecular complexity index is 1250. The number of nitrogens with zero attached hydrogens (tertiary/aromatic N) is 3.